The smallest absolute Gasteiger partial charge is 0.410 e. The lowest BCUT2D eigenvalue weighted by Crippen LogP contribution is -2.45. The molecule has 2 saturated heterocycles. The van der Waals surface area contributed by atoms with Crippen LogP contribution in [0.3, 0.4) is 0 Å². The fourth-order valence-electron chi connectivity index (χ4n) is 16.5. The highest BCUT2D eigenvalue weighted by Crippen LogP contribution is 2.94. The molecular weight excluding hydrogens is 1400 g/mol. The third kappa shape index (κ3) is 15.5. The predicted octanol–water partition coefficient (Wildman–Crippen LogP) is 12.1. The van der Waals surface area contributed by atoms with E-state index in [2.05, 4.69) is 46.1 Å². The van der Waals surface area contributed by atoms with Crippen LogP contribution < -0.4 is 34.9 Å². The summed E-state index contributed by atoms with van der Waals surface area (Å²) in [5, 5.41) is 15.5. The summed E-state index contributed by atoms with van der Waals surface area (Å²) in [6, 6.07) is 16.7. The number of carbonyl (C=O) groups excluding carboxylic acids is 3. The molecular formula is C69H84Cl2F4N14O10S2. The van der Waals surface area contributed by atoms with Gasteiger partial charge in [0.1, 0.15) is 27.5 Å². The maximum absolute atomic E-state index is 15.2. The van der Waals surface area contributed by atoms with Crippen LogP contribution in [0.1, 0.15) is 159 Å². The van der Waals surface area contributed by atoms with E-state index in [1.165, 1.54) is 114 Å². The zero-order chi connectivity index (χ0) is 72.1. The summed E-state index contributed by atoms with van der Waals surface area (Å²) in [4.78, 5) is 56.5. The molecule has 2 aliphatic heterocycles. The highest BCUT2D eigenvalue weighted by Gasteiger charge is 2.86. The van der Waals surface area contributed by atoms with Crippen LogP contribution >= 0.6 is 23.2 Å². The van der Waals surface area contributed by atoms with Gasteiger partial charge in [-0.05, 0) is 226 Å². The number of halogens is 6. The zero-order valence-electron chi connectivity index (χ0n) is 57.2. The van der Waals surface area contributed by atoms with Crippen LogP contribution in [0.15, 0.2) is 95.2 Å². The number of fused-ring (bicyclic) bond motifs is 2. The van der Waals surface area contributed by atoms with Crippen molar-refractivity contribution in [2.45, 2.75) is 177 Å². The average Bonchev–Trinajstić information content (AvgIpc) is 1.45. The second-order valence-electron chi connectivity index (χ2n) is 30.9. The van der Waals surface area contributed by atoms with Gasteiger partial charge in [-0.2, -0.15) is 16.8 Å². The van der Waals surface area contributed by atoms with Crippen molar-refractivity contribution in [1.82, 2.24) is 59.2 Å². The molecule has 6 aliphatic carbocycles. The fourth-order valence-corrected chi connectivity index (χ4v) is 18.9. The normalized spacial score (nSPS) is 21.4. The molecule has 0 aromatic carbocycles. The lowest BCUT2D eigenvalue weighted by molar-refractivity contribution is -0.0100. The van der Waals surface area contributed by atoms with Gasteiger partial charge in [0, 0.05) is 55.0 Å². The van der Waals surface area contributed by atoms with Gasteiger partial charge in [0.25, 0.3) is 43.7 Å². The summed E-state index contributed by atoms with van der Waals surface area (Å²) in [6.07, 6.45) is 15.9. The topological polar surface area (TPSA) is 298 Å². The van der Waals surface area contributed by atoms with Gasteiger partial charge in [0.05, 0.1) is 37.4 Å². The van der Waals surface area contributed by atoms with Gasteiger partial charge in [-0.15, -0.1) is 10.2 Å². The van der Waals surface area contributed by atoms with Crippen LogP contribution in [0, 0.1) is 45.3 Å². The second kappa shape index (κ2) is 26.1. The number of ether oxygens (including phenoxy) is 3. The largest absolute Gasteiger partial charge is 0.477 e. The zero-order valence-corrected chi connectivity index (χ0v) is 60.4. The van der Waals surface area contributed by atoms with E-state index in [-0.39, 0.29) is 57.5 Å². The SMILES string of the molecule is CC(C)(C)OC(=O)N1CC(CC(F)(F)CNc2cccc(S(=O)(=O)NC(=O)c3ccc(-n4ccc(OCCC5C6(CC6)C56CC6)n4)nc3Cl)n2)CC1(C)C.CC1(C)CC(CC(F)(F)CNc2cccc(S(=O)(=O)NC(=O)c3ccc(-n4ccc(OCCC5C6(CC6)C56CC6)n4)nc3Cl)n2)CN1. The highest BCUT2D eigenvalue weighted by molar-refractivity contribution is 7.90. The Morgan fingerprint density at radius 2 is 1.02 bits per heavy atom. The summed E-state index contributed by atoms with van der Waals surface area (Å²) in [5.41, 5.74) is 0.530. The molecule has 24 nitrogen and oxygen atoms in total. The molecule has 6 aromatic heterocycles. The van der Waals surface area contributed by atoms with Crippen LogP contribution in [0.25, 0.3) is 11.6 Å². The second-order valence-corrected chi connectivity index (χ2v) is 34.9. The number of pyridine rings is 4. The minimum atomic E-state index is -4.54. The van der Waals surface area contributed by atoms with Gasteiger partial charge in [0.15, 0.2) is 21.7 Å². The maximum Gasteiger partial charge on any atom is 0.410 e. The van der Waals surface area contributed by atoms with Gasteiger partial charge < -0.3 is 35.1 Å². The first kappa shape index (κ1) is 72.0. The van der Waals surface area contributed by atoms with Crippen molar-refractivity contribution < 1.29 is 63.0 Å². The van der Waals surface area contributed by atoms with Gasteiger partial charge in [-0.1, -0.05) is 35.3 Å². The molecule has 6 aromatic rings. The Hall–Kier alpha value is -7.41. The molecule has 2 atom stereocenters. The molecule has 0 radical (unpaired) electrons. The van der Waals surface area contributed by atoms with Gasteiger partial charge in [-0.25, -0.2) is 61.1 Å². The molecule has 6 saturated carbocycles. The Bertz CT molecular complexity index is 4390. The Kier molecular flexibility index (Phi) is 18.6. The quantitative estimate of drug-likeness (QED) is 0.0249. The molecule has 32 heteroatoms. The molecule has 101 heavy (non-hydrogen) atoms. The van der Waals surface area contributed by atoms with Crippen LogP contribution in [0.5, 0.6) is 11.8 Å². The predicted molar refractivity (Wildman–Crippen MR) is 366 cm³/mol. The van der Waals surface area contributed by atoms with Crippen molar-refractivity contribution in [3.8, 4) is 23.4 Å². The molecule has 0 bridgehead atoms. The van der Waals surface area contributed by atoms with Crippen molar-refractivity contribution in [3.63, 3.8) is 0 Å². The van der Waals surface area contributed by atoms with Crippen LogP contribution in [0.2, 0.25) is 10.3 Å². The fraction of sp³-hybridized carbons (Fsp3) is 0.580. The van der Waals surface area contributed by atoms with Gasteiger partial charge in [0.2, 0.25) is 11.8 Å². The molecule has 2 unspecified atom stereocenters. The van der Waals surface area contributed by atoms with Gasteiger partial charge in [-0.3, -0.25) is 9.59 Å². The van der Waals surface area contributed by atoms with E-state index in [1.807, 2.05) is 37.1 Å². The first-order valence-corrected chi connectivity index (χ1v) is 37.9. The third-order valence-corrected chi connectivity index (χ3v) is 24.7. The van der Waals surface area contributed by atoms with E-state index in [1.54, 1.807) is 45.3 Å². The number of hydrogen-bond donors (Lipinski definition) is 5. The van der Waals surface area contributed by atoms with Crippen molar-refractivity contribution in [2.75, 3.05) is 50.0 Å². The molecule has 8 fully saturated rings. The Morgan fingerprint density at radius 1 is 0.594 bits per heavy atom. The number of nitrogens with zero attached hydrogens (tertiary/aromatic N) is 9. The van der Waals surface area contributed by atoms with Crippen molar-refractivity contribution in [3.05, 3.63) is 107 Å². The van der Waals surface area contributed by atoms with E-state index >= 15 is 8.78 Å². The number of aromatic nitrogens is 8. The van der Waals surface area contributed by atoms with E-state index in [4.69, 9.17) is 37.4 Å². The first-order valence-electron chi connectivity index (χ1n) is 34.2. The Morgan fingerprint density at radius 3 is 1.41 bits per heavy atom. The number of nitrogens with one attached hydrogen (secondary N) is 5. The molecule has 14 rings (SSSR count). The van der Waals surface area contributed by atoms with Crippen LogP contribution in [-0.4, -0.2) is 147 Å². The molecule has 8 aliphatic rings. The van der Waals surface area contributed by atoms with Crippen molar-refractivity contribution in [2.24, 2.45) is 45.3 Å². The van der Waals surface area contributed by atoms with Crippen LogP contribution in [-0.2, 0) is 24.8 Å². The minimum Gasteiger partial charge on any atom is -0.477 e. The minimum absolute atomic E-state index is 0.0669. The molecule has 3 amide bonds. The number of carbonyl (C=O) groups is 3. The first-order chi connectivity index (χ1) is 47.4. The number of rotatable bonds is 26. The lowest BCUT2D eigenvalue weighted by Gasteiger charge is -2.33. The number of alkyl halides is 4. The molecule has 4 spiro atoms. The maximum atomic E-state index is 15.2. The standard InChI is InChI=1S/C37H46ClF2N7O6S.C32H38ClF2N7O4S/c1-33(2,3)53-32(49)46-21-23(19-34(46,4)5)20-37(39,40)22-41-26-7-6-8-29(42-26)54(50,51)45-31(48)24-9-10-27(43-30(24)38)47-17-11-28(44-47)52-18-12-25-35(13-14-35)36(25)15-16-36;1-29(2)16-20(18-37-29)17-32(34,35)19-36-23-4-3-5-26(38-23)47(44,45)41-28(43)21-6-7-24(39-27(21)33)42-14-8-25(40-42)46-15-9-22-30(10-11-30)31(22)12-13-31/h6-11,17,23,25H,12-16,18-22H2,1-5H3,(H,41,42)(H,45,48);3-8,14,20,22,37H,9-13,15-19H2,1-2H3,(H,36,38)(H,41,43). The summed E-state index contributed by atoms with van der Waals surface area (Å²) in [7, 11) is -9.02. The molecule has 8 heterocycles. The van der Waals surface area contributed by atoms with Crippen molar-refractivity contribution >= 4 is 72.8 Å². The van der Waals surface area contributed by atoms with E-state index in [0.29, 0.717) is 77.7 Å². The summed E-state index contributed by atoms with van der Waals surface area (Å²) < 4.78 is 136. The molecule has 544 valence electrons. The summed E-state index contributed by atoms with van der Waals surface area (Å²) in [5.74, 6) is -6.16. The lowest BCUT2D eigenvalue weighted by atomic mass is 9.92. The van der Waals surface area contributed by atoms with Crippen molar-refractivity contribution in [1.29, 1.82) is 0 Å². The highest BCUT2D eigenvalue weighted by atomic mass is 35.5. The van der Waals surface area contributed by atoms with Crippen LogP contribution in [0.4, 0.5) is 34.0 Å². The number of hydrogen-bond acceptors (Lipinski definition) is 19. The van der Waals surface area contributed by atoms with E-state index < -0.39 is 96.4 Å². The summed E-state index contributed by atoms with van der Waals surface area (Å²) in [6.45, 7) is 13.1. The van der Waals surface area contributed by atoms with E-state index in [0.717, 1.165) is 36.8 Å². The van der Waals surface area contributed by atoms with Gasteiger partial charge >= 0.3 is 6.09 Å². The Labute approximate surface area is 594 Å². The number of sulfonamides is 2. The Balaban J connectivity index is 0.000000182. The average molecular weight is 1480 g/mol. The number of anilines is 2. The van der Waals surface area contributed by atoms with E-state index in [9.17, 15) is 40.0 Å². The number of amides is 3. The molecule has 5 N–H and O–H groups in total. The third-order valence-electron chi connectivity index (χ3n) is 21.6. The number of likely N-dealkylation sites (tertiary alicyclic amines) is 1. The summed E-state index contributed by atoms with van der Waals surface area (Å²) >= 11 is 12.6. The monoisotopic (exact) mass is 1480 g/mol.